The van der Waals surface area contributed by atoms with Crippen LogP contribution in [0, 0.1) is 5.92 Å². The standard InChI is InChI=1S/C10H11Br3N2/c11-4-7-1-2-15(6-7)10-9(13)3-8(12)5-14-10/h3,5,7H,1-2,4,6H2. The lowest BCUT2D eigenvalue weighted by molar-refractivity contribution is 0.675. The van der Waals surface area contributed by atoms with Crippen LogP contribution in [0.15, 0.2) is 21.2 Å². The van der Waals surface area contributed by atoms with E-state index in [0.717, 1.165) is 39.1 Å². The number of hydrogen-bond acceptors (Lipinski definition) is 2. The van der Waals surface area contributed by atoms with Gasteiger partial charge in [0.15, 0.2) is 0 Å². The molecule has 0 bridgehead atoms. The fourth-order valence-corrected chi connectivity index (χ4v) is 3.56. The maximum atomic E-state index is 4.45. The highest BCUT2D eigenvalue weighted by Gasteiger charge is 2.23. The van der Waals surface area contributed by atoms with Crippen molar-refractivity contribution in [2.24, 2.45) is 5.92 Å². The molecule has 1 fully saturated rings. The van der Waals surface area contributed by atoms with Crippen molar-refractivity contribution >= 4 is 53.6 Å². The third-order valence-corrected chi connectivity index (χ3v) is 4.52. The molecule has 0 saturated carbocycles. The average Bonchev–Trinajstić information content (AvgIpc) is 2.66. The van der Waals surface area contributed by atoms with Gasteiger partial charge >= 0.3 is 0 Å². The third kappa shape index (κ3) is 2.74. The second-order valence-electron chi connectivity index (χ2n) is 3.71. The van der Waals surface area contributed by atoms with E-state index in [4.69, 9.17) is 0 Å². The second-order valence-corrected chi connectivity index (χ2v) is 6.13. The van der Waals surface area contributed by atoms with Gasteiger partial charge in [0.1, 0.15) is 5.82 Å². The van der Waals surface area contributed by atoms with E-state index < -0.39 is 0 Å². The van der Waals surface area contributed by atoms with Gasteiger partial charge in [0, 0.05) is 29.1 Å². The van der Waals surface area contributed by atoms with E-state index in [2.05, 4.69) is 57.7 Å². The number of halogens is 3. The van der Waals surface area contributed by atoms with Gasteiger partial charge in [0.2, 0.25) is 0 Å². The monoisotopic (exact) mass is 396 g/mol. The lowest BCUT2D eigenvalue weighted by Crippen LogP contribution is -2.21. The predicted molar refractivity (Wildman–Crippen MR) is 73.8 cm³/mol. The number of nitrogens with zero attached hydrogens (tertiary/aromatic N) is 2. The van der Waals surface area contributed by atoms with Crippen LogP contribution in [0.2, 0.25) is 0 Å². The number of rotatable bonds is 2. The van der Waals surface area contributed by atoms with E-state index in [0.29, 0.717) is 0 Å². The summed E-state index contributed by atoms with van der Waals surface area (Å²) in [5.41, 5.74) is 0. The molecule has 1 aliphatic rings. The van der Waals surface area contributed by atoms with E-state index in [1.807, 2.05) is 12.3 Å². The first-order chi connectivity index (χ1) is 7.20. The minimum absolute atomic E-state index is 0.752. The molecule has 2 rings (SSSR count). The van der Waals surface area contributed by atoms with Crippen molar-refractivity contribution in [3.8, 4) is 0 Å². The fourth-order valence-electron chi connectivity index (χ4n) is 1.79. The van der Waals surface area contributed by atoms with Crippen LogP contribution in [0.5, 0.6) is 0 Å². The molecule has 0 spiro atoms. The van der Waals surface area contributed by atoms with Crippen LogP contribution < -0.4 is 4.90 Å². The van der Waals surface area contributed by atoms with Crippen molar-refractivity contribution in [2.75, 3.05) is 23.3 Å². The lowest BCUT2D eigenvalue weighted by atomic mass is 10.2. The molecule has 0 N–H and O–H groups in total. The molecule has 2 nitrogen and oxygen atoms in total. The maximum absolute atomic E-state index is 4.45. The quantitative estimate of drug-likeness (QED) is 0.704. The highest BCUT2D eigenvalue weighted by atomic mass is 79.9. The van der Waals surface area contributed by atoms with Crippen LogP contribution in [0.3, 0.4) is 0 Å². The summed E-state index contributed by atoms with van der Waals surface area (Å²) in [5.74, 6) is 1.81. The van der Waals surface area contributed by atoms with Gasteiger partial charge in [-0.3, -0.25) is 0 Å². The van der Waals surface area contributed by atoms with Crippen LogP contribution >= 0.6 is 47.8 Å². The van der Waals surface area contributed by atoms with Gasteiger partial charge in [-0.1, -0.05) is 15.9 Å². The van der Waals surface area contributed by atoms with E-state index in [1.165, 1.54) is 6.42 Å². The van der Waals surface area contributed by atoms with Crippen LogP contribution in [-0.4, -0.2) is 23.4 Å². The first-order valence-electron chi connectivity index (χ1n) is 4.82. The average molecular weight is 399 g/mol. The van der Waals surface area contributed by atoms with Crippen LogP contribution in [0.25, 0.3) is 0 Å². The molecular weight excluding hydrogens is 388 g/mol. The van der Waals surface area contributed by atoms with Gasteiger partial charge in [-0.15, -0.1) is 0 Å². The smallest absolute Gasteiger partial charge is 0.142 e. The van der Waals surface area contributed by atoms with Gasteiger partial charge < -0.3 is 4.90 Å². The Kier molecular flexibility index (Phi) is 4.07. The summed E-state index contributed by atoms with van der Waals surface area (Å²) in [4.78, 5) is 6.78. The summed E-state index contributed by atoms with van der Waals surface area (Å²) in [7, 11) is 0. The Morgan fingerprint density at radius 2 is 2.27 bits per heavy atom. The molecular formula is C10H11Br3N2. The number of pyridine rings is 1. The van der Waals surface area contributed by atoms with Crippen molar-refractivity contribution in [1.82, 2.24) is 4.98 Å². The molecule has 1 saturated heterocycles. The van der Waals surface area contributed by atoms with Gasteiger partial charge in [0.05, 0.1) is 4.47 Å². The lowest BCUT2D eigenvalue weighted by Gasteiger charge is -2.18. The van der Waals surface area contributed by atoms with Crippen LogP contribution in [0.1, 0.15) is 6.42 Å². The van der Waals surface area contributed by atoms with Crippen molar-refractivity contribution in [2.45, 2.75) is 6.42 Å². The molecule has 15 heavy (non-hydrogen) atoms. The molecule has 1 aromatic rings. The van der Waals surface area contributed by atoms with Gasteiger partial charge in [-0.2, -0.15) is 0 Å². The molecule has 1 aromatic heterocycles. The molecule has 0 aliphatic carbocycles. The van der Waals surface area contributed by atoms with Crippen molar-refractivity contribution in [1.29, 1.82) is 0 Å². The Morgan fingerprint density at radius 1 is 1.47 bits per heavy atom. The first-order valence-corrected chi connectivity index (χ1v) is 7.53. The molecule has 2 heterocycles. The van der Waals surface area contributed by atoms with Crippen molar-refractivity contribution in [3.63, 3.8) is 0 Å². The van der Waals surface area contributed by atoms with Crippen molar-refractivity contribution < 1.29 is 0 Å². The van der Waals surface area contributed by atoms with E-state index in [9.17, 15) is 0 Å². The number of anilines is 1. The second kappa shape index (κ2) is 5.15. The molecule has 82 valence electrons. The molecule has 0 amide bonds. The van der Waals surface area contributed by atoms with Gasteiger partial charge in [0.25, 0.3) is 0 Å². The topological polar surface area (TPSA) is 16.1 Å². The maximum Gasteiger partial charge on any atom is 0.142 e. The Morgan fingerprint density at radius 3 is 2.87 bits per heavy atom. The Balaban J connectivity index is 2.17. The molecule has 1 aliphatic heterocycles. The van der Waals surface area contributed by atoms with Crippen molar-refractivity contribution in [3.05, 3.63) is 21.2 Å². The minimum Gasteiger partial charge on any atom is -0.355 e. The summed E-state index contributed by atoms with van der Waals surface area (Å²) in [6.45, 7) is 2.20. The van der Waals surface area contributed by atoms with E-state index >= 15 is 0 Å². The minimum atomic E-state index is 0.752. The summed E-state index contributed by atoms with van der Waals surface area (Å²) in [6, 6.07) is 2.05. The molecule has 0 aromatic carbocycles. The molecule has 0 radical (unpaired) electrons. The zero-order valence-corrected chi connectivity index (χ0v) is 12.8. The van der Waals surface area contributed by atoms with E-state index in [1.54, 1.807) is 0 Å². The molecule has 1 atom stereocenters. The number of alkyl halides is 1. The summed E-state index contributed by atoms with van der Waals surface area (Å²) < 4.78 is 2.07. The first kappa shape index (κ1) is 11.9. The Hall–Kier alpha value is 0.390. The SMILES string of the molecule is BrCC1CCN(c2ncc(Br)cc2Br)C1. The Labute approximate surface area is 115 Å². The zero-order chi connectivity index (χ0) is 10.8. The van der Waals surface area contributed by atoms with Crippen LogP contribution in [-0.2, 0) is 0 Å². The largest absolute Gasteiger partial charge is 0.355 e. The Bertz CT molecular complexity index is 357. The van der Waals surface area contributed by atoms with E-state index in [-0.39, 0.29) is 0 Å². The predicted octanol–water partition coefficient (Wildman–Crippen LogP) is 3.83. The third-order valence-electron chi connectivity index (χ3n) is 2.59. The molecule has 5 heteroatoms. The summed E-state index contributed by atoms with van der Waals surface area (Å²) in [5, 5.41) is 1.08. The fraction of sp³-hybridized carbons (Fsp3) is 0.500. The summed E-state index contributed by atoms with van der Waals surface area (Å²) in [6.07, 6.45) is 3.09. The highest BCUT2D eigenvalue weighted by molar-refractivity contribution is 9.11. The number of hydrogen-bond donors (Lipinski definition) is 0. The highest BCUT2D eigenvalue weighted by Crippen LogP contribution is 2.30. The zero-order valence-electron chi connectivity index (χ0n) is 8.09. The molecule has 1 unspecified atom stereocenters. The van der Waals surface area contributed by atoms with Gasteiger partial charge in [-0.25, -0.2) is 4.98 Å². The summed E-state index contributed by atoms with van der Waals surface area (Å²) >= 11 is 10.5. The van der Waals surface area contributed by atoms with Gasteiger partial charge in [-0.05, 0) is 50.3 Å². The van der Waals surface area contributed by atoms with Crippen LogP contribution in [0.4, 0.5) is 5.82 Å². The normalized spacial score (nSPS) is 21.0. The number of aromatic nitrogens is 1.